The van der Waals surface area contributed by atoms with Gasteiger partial charge in [-0.05, 0) is 36.2 Å². The van der Waals surface area contributed by atoms with Gasteiger partial charge < -0.3 is 4.74 Å². The molecule has 0 aromatic heterocycles. The van der Waals surface area contributed by atoms with Crippen molar-refractivity contribution in [3.05, 3.63) is 54.1 Å². The van der Waals surface area contributed by atoms with Crippen molar-refractivity contribution in [2.75, 3.05) is 28.4 Å². The molecule has 7 heteroatoms. The number of benzene rings is 2. The van der Waals surface area contributed by atoms with Gasteiger partial charge in [0.05, 0.1) is 36.4 Å². The van der Waals surface area contributed by atoms with E-state index >= 15 is 0 Å². The number of anilines is 2. The van der Waals surface area contributed by atoms with Gasteiger partial charge in [-0.1, -0.05) is 31.2 Å². The SMILES string of the molecule is CCc1ccc(N2C(=O)N(c3ccccc3OC)[C@@H]3CS(=O)(=O)C[C@@H]32)cc1. The molecule has 0 aliphatic carbocycles. The van der Waals surface area contributed by atoms with Crippen LogP contribution in [0, 0.1) is 0 Å². The molecule has 2 fully saturated rings. The van der Waals surface area contributed by atoms with Crippen LogP contribution < -0.4 is 14.5 Å². The number of sulfone groups is 1. The topological polar surface area (TPSA) is 66.9 Å². The number of para-hydroxylation sites is 2. The van der Waals surface area contributed by atoms with Crippen molar-refractivity contribution >= 4 is 27.2 Å². The van der Waals surface area contributed by atoms with Crippen molar-refractivity contribution in [2.24, 2.45) is 0 Å². The predicted molar refractivity (Wildman–Crippen MR) is 105 cm³/mol. The first kappa shape index (κ1) is 17.9. The van der Waals surface area contributed by atoms with Gasteiger partial charge in [-0.15, -0.1) is 0 Å². The molecule has 27 heavy (non-hydrogen) atoms. The zero-order chi connectivity index (χ0) is 19.2. The van der Waals surface area contributed by atoms with Gasteiger partial charge in [0.1, 0.15) is 5.75 Å². The molecule has 2 aliphatic heterocycles. The lowest BCUT2D eigenvalue weighted by molar-refractivity contribution is 0.255. The van der Waals surface area contributed by atoms with Crippen LogP contribution in [0.3, 0.4) is 0 Å². The van der Waals surface area contributed by atoms with Crippen molar-refractivity contribution in [3.63, 3.8) is 0 Å². The molecular formula is C20H22N2O4S. The molecule has 0 N–H and O–H groups in total. The monoisotopic (exact) mass is 386 g/mol. The first-order chi connectivity index (χ1) is 12.9. The van der Waals surface area contributed by atoms with E-state index in [2.05, 4.69) is 6.92 Å². The highest BCUT2D eigenvalue weighted by molar-refractivity contribution is 7.91. The van der Waals surface area contributed by atoms with Crippen molar-refractivity contribution in [1.29, 1.82) is 0 Å². The zero-order valence-electron chi connectivity index (χ0n) is 15.3. The van der Waals surface area contributed by atoms with E-state index in [9.17, 15) is 13.2 Å². The largest absolute Gasteiger partial charge is 0.495 e. The van der Waals surface area contributed by atoms with Crippen LogP contribution in [-0.2, 0) is 16.3 Å². The van der Waals surface area contributed by atoms with E-state index in [1.54, 1.807) is 29.0 Å². The third-order valence-corrected chi connectivity index (χ3v) is 7.04. The molecule has 2 aliphatic rings. The van der Waals surface area contributed by atoms with Crippen LogP contribution >= 0.6 is 0 Å². The number of ether oxygens (including phenoxy) is 1. The number of carbonyl (C=O) groups is 1. The Morgan fingerprint density at radius 2 is 1.63 bits per heavy atom. The van der Waals surface area contributed by atoms with Gasteiger partial charge in [0.2, 0.25) is 0 Å². The fourth-order valence-electron chi connectivity index (χ4n) is 4.01. The summed E-state index contributed by atoms with van der Waals surface area (Å²) in [6.45, 7) is 2.07. The minimum atomic E-state index is -3.22. The third kappa shape index (κ3) is 2.96. The Kier molecular flexibility index (Phi) is 4.34. The summed E-state index contributed by atoms with van der Waals surface area (Å²) in [7, 11) is -1.67. The molecule has 2 saturated heterocycles. The molecule has 2 aromatic rings. The van der Waals surface area contributed by atoms with Gasteiger partial charge in [0.15, 0.2) is 9.84 Å². The van der Waals surface area contributed by atoms with Crippen LogP contribution in [-0.4, -0.2) is 45.1 Å². The van der Waals surface area contributed by atoms with E-state index in [1.165, 1.54) is 5.56 Å². The van der Waals surface area contributed by atoms with Gasteiger partial charge in [0, 0.05) is 5.69 Å². The highest BCUT2D eigenvalue weighted by atomic mass is 32.2. The standard InChI is InChI=1S/C20H22N2O4S/c1-3-14-8-10-15(11-9-14)21-17-12-27(24,25)13-18(17)22(20(21)23)16-6-4-5-7-19(16)26-2/h4-11,17-18H,3,12-13H2,1-2H3/t17-,18+/m0/s1. The Labute approximate surface area is 159 Å². The zero-order valence-corrected chi connectivity index (χ0v) is 16.1. The van der Waals surface area contributed by atoms with Crippen LogP contribution in [0.25, 0.3) is 0 Å². The van der Waals surface area contributed by atoms with Gasteiger partial charge >= 0.3 is 6.03 Å². The lowest BCUT2D eigenvalue weighted by Gasteiger charge is -2.24. The fraction of sp³-hybridized carbons (Fsp3) is 0.350. The smallest absolute Gasteiger partial charge is 0.329 e. The molecule has 4 rings (SSSR count). The number of hydrogen-bond acceptors (Lipinski definition) is 4. The van der Waals surface area contributed by atoms with Gasteiger partial charge in [-0.25, -0.2) is 13.2 Å². The second-order valence-electron chi connectivity index (χ2n) is 6.93. The van der Waals surface area contributed by atoms with Crippen LogP contribution in [0.15, 0.2) is 48.5 Å². The molecule has 0 radical (unpaired) electrons. The minimum absolute atomic E-state index is 0.0232. The Morgan fingerprint density at radius 3 is 2.26 bits per heavy atom. The maximum absolute atomic E-state index is 13.4. The Hall–Kier alpha value is -2.54. The second-order valence-corrected chi connectivity index (χ2v) is 9.08. The van der Waals surface area contributed by atoms with Crippen LogP contribution in [0.4, 0.5) is 16.2 Å². The number of aryl methyl sites for hydroxylation is 1. The molecule has 6 nitrogen and oxygen atoms in total. The van der Waals surface area contributed by atoms with Gasteiger partial charge in [-0.3, -0.25) is 9.80 Å². The quantitative estimate of drug-likeness (QED) is 0.758. The summed E-state index contributed by atoms with van der Waals surface area (Å²) in [5.74, 6) is 0.493. The van der Waals surface area contributed by atoms with Crippen LogP contribution in [0.1, 0.15) is 12.5 Å². The molecule has 142 valence electrons. The average Bonchev–Trinajstić information content (AvgIpc) is 3.10. The Balaban J connectivity index is 1.80. The summed E-state index contributed by atoms with van der Waals surface area (Å²) >= 11 is 0. The fourth-order valence-corrected chi connectivity index (χ4v) is 5.93. The van der Waals surface area contributed by atoms with Crippen LogP contribution in [0.2, 0.25) is 0 Å². The van der Waals surface area contributed by atoms with E-state index in [0.29, 0.717) is 11.4 Å². The molecule has 2 aromatic carbocycles. The van der Waals surface area contributed by atoms with Crippen molar-refractivity contribution in [2.45, 2.75) is 25.4 Å². The van der Waals surface area contributed by atoms with E-state index in [-0.39, 0.29) is 17.5 Å². The maximum Gasteiger partial charge on any atom is 0.329 e. The van der Waals surface area contributed by atoms with Gasteiger partial charge in [0.25, 0.3) is 0 Å². The molecule has 0 spiro atoms. The summed E-state index contributed by atoms with van der Waals surface area (Å²) in [4.78, 5) is 16.6. The molecule has 2 amide bonds. The third-order valence-electron chi connectivity index (χ3n) is 5.34. The first-order valence-electron chi connectivity index (χ1n) is 9.00. The number of hydrogen-bond donors (Lipinski definition) is 0. The number of urea groups is 1. The summed E-state index contributed by atoms with van der Waals surface area (Å²) in [6, 6.07) is 13.9. The number of amides is 2. The lowest BCUT2D eigenvalue weighted by Crippen LogP contribution is -2.38. The minimum Gasteiger partial charge on any atom is -0.495 e. The van der Waals surface area contributed by atoms with Crippen molar-refractivity contribution in [3.8, 4) is 5.75 Å². The number of nitrogens with zero attached hydrogens (tertiary/aromatic N) is 2. The molecule has 0 unspecified atom stereocenters. The molecule has 2 heterocycles. The normalized spacial score (nSPS) is 23.6. The van der Waals surface area contributed by atoms with E-state index in [1.807, 2.05) is 36.4 Å². The van der Waals surface area contributed by atoms with Crippen LogP contribution in [0.5, 0.6) is 5.75 Å². The number of methoxy groups -OCH3 is 1. The van der Waals surface area contributed by atoms with Crippen molar-refractivity contribution < 1.29 is 17.9 Å². The maximum atomic E-state index is 13.4. The first-order valence-corrected chi connectivity index (χ1v) is 10.8. The second kappa shape index (κ2) is 6.56. The Morgan fingerprint density at radius 1 is 1.00 bits per heavy atom. The molecule has 2 atom stereocenters. The molecule has 0 saturated carbocycles. The Bertz CT molecular complexity index is 972. The summed E-state index contributed by atoms with van der Waals surface area (Å²) in [5.41, 5.74) is 2.49. The van der Waals surface area contributed by atoms with E-state index in [0.717, 1.165) is 12.1 Å². The summed E-state index contributed by atoms with van der Waals surface area (Å²) in [6.07, 6.45) is 0.905. The number of rotatable bonds is 4. The summed E-state index contributed by atoms with van der Waals surface area (Å²) < 4.78 is 30.1. The van der Waals surface area contributed by atoms with Gasteiger partial charge in [-0.2, -0.15) is 0 Å². The lowest BCUT2D eigenvalue weighted by atomic mass is 10.1. The van der Waals surface area contributed by atoms with E-state index in [4.69, 9.17) is 4.74 Å². The predicted octanol–water partition coefficient (Wildman–Crippen LogP) is 2.87. The highest BCUT2D eigenvalue weighted by Crippen LogP contribution is 2.41. The average molecular weight is 386 g/mol. The number of fused-ring (bicyclic) bond motifs is 1. The number of carbonyl (C=O) groups excluding carboxylic acids is 1. The van der Waals surface area contributed by atoms with E-state index < -0.39 is 21.9 Å². The molecule has 0 bridgehead atoms. The van der Waals surface area contributed by atoms with Crippen molar-refractivity contribution in [1.82, 2.24) is 0 Å². The summed E-state index contributed by atoms with van der Waals surface area (Å²) in [5, 5.41) is 0. The highest BCUT2D eigenvalue weighted by Gasteiger charge is 2.54. The molecular weight excluding hydrogens is 364 g/mol.